The van der Waals surface area contributed by atoms with Crippen LogP contribution in [0.4, 0.5) is 0 Å². The van der Waals surface area contributed by atoms with Crippen LogP contribution in [-0.2, 0) is 6.54 Å². The zero-order valence-corrected chi connectivity index (χ0v) is 12.4. The summed E-state index contributed by atoms with van der Waals surface area (Å²) < 4.78 is 1.88. The Kier molecular flexibility index (Phi) is 6.76. The Morgan fingerprint density at radius 1 is 1.26 bits per heavy atom. The number of aryl methyl sites for hydroxylation is 1. The second-order valence-electron chi connectivity index (χ2n) is 3.97. The monoisotopic (exact) mass is 301 g/mol. The fraction of sp³-hybridized carbons (Fsp3) is 0.231. The molecule has 2 N–H and O–H groups in total. The summed E-state index contributed by atoms with van der Waals surface area (Å²) in [5.74, 6) is 0.777. The average Bonchev–Trinajstić information content (AvgIpc) is 2.36. The van der Waals surface area contributed by atoms with Gasteiger partial charge in [0, 0.05) is 35.8 Å². The van der Waals surface area contributed by atoms with E-state index in [9.17, 15) is 4.79 Å². The molecule has 0 radical (unpaired) electrons. The molecule has 0 atom stereocenters. The van der Waals surface area contributed by atoms with E-state index in [0.717, 1.165) is 11.5 Å². The molecule has 0 aromatic carbocycles. The minimum atomic E-state index is 0. The van der Waals surface area contributed by atoms with Crippen molar-refractivity contribution in [3.05, 3.63) is 57.6 Å². The SMILES string of the molecule is Cc1cn(-c2ccccn2)c(CN)c(C)c1=O.Cl.Cl. The molecule has 0 spiro atoms. The number of rotatable bonds is 2. The maximum absolute atomic E-state index is 11.8. The van der Waals surface area contributed by atoms with Crippen molar-refractivity contribution in [2.45, 2.75) is 20.4 Å². The molecule has 0 aliphatic carbocycles. The first-order chi connectivity index (χ1) is 8.15. The van der Waals surface area contributed by atoms with Crippen LogP contribution in [-0.4, -0.2) is 9.55 Å². The number of nitrogens with two attached hydrogens (primary N) is 1. The van der Waals surface area contributed by atoms with Gasteiger partial charge in [-0.3, -0.25) is 4.79 Å². The highest BCUT2D eigenvalue weighted by atomic mass is 35.5. The van der Waals surface area contributed by atoms with E-state index in [2.05, 4.69) is 4.98 Å². The largest absolute Gasteiger partial charge is 0.325 e. The van der Waals surface area contributed by atoms with E-state index in [1.165, 1.54) is 0 Å². The molecule has 2 aromatic rings. The van der Waals surface area contributed by atoms with Crippen molar-refractivity contribution in [1.29, 1.82) is 0 Å². The first-order valence-corrected chi connectivity index (χ1v) is 5.48. The summed E-state index contributed by atoms with van der Waals surface area (Å²) in [6, 6.07) is 5.65. The fourth-order valence-electron chi connectivity index (χ4n) is 1.89. The molecule has 104 valence electrons. The lowest BCUT2D eigenvalue weighted by Gasteiger charge is -2.14. The summed E-state index contributed by atoms with van der Waals surface area (Å²) in [7, 11) is 0. The first-order valence-electron chi connectivity index (χ1n) is 5.48. The molecule has 6 heteroatoms. The van der Waals surface area contributed by atoms with E-state index in [1.54, 1.807) is 26.2 Å². The predicted octanol–water partition coefficient (Wildman–Crippen LogP) is 2.15. The van der Waals surface area contributed by atoms with Gasteiger partial charge in [-0.2, -0.15) is 0 Å². The van der Waals surface area contributed by atoms with Gasteiger partial charge in [0.1, 0.15) is 5.82 Å². The van der Waals surface area contributed by atoms with Gasteiger partial charge in [0.15, 0.2) is 5.43 Å². The summed E-state index contributed by atoms with van der Waals surface area (Å²) in [6.07, 6.45) is 3.51. The van der Waals surface area contributed by atoms with Crippen molar-refractivity contribution in [1.82, 2.24) is 9.55 Å². The lowest BCUT2D eigenvalue weighted by atomic mass is 10.1. The Labute approximate surface area is 124 Å². The molecule has 2 aromatic heterocycles. The van der Waals surface area contributed by atoms with Gasteiger partial charge in [0.05, 0.1) is 0 Å². The number of aromatic nitrogens is 2. The summed E-state index contributed by atoms with van der Waals surface area (Å²) in [5.41, 5.74) is 7.97. The Balaban J connectivity index is 0.00000162. The van der Waals surface area contributed by atoms with Crippen molar-refractivity contribution >= 4 is 24.8 Å². The second-order valence-corrected chi connectivity index (χ2v) is 3.97. The zero-order chi connectivity index (χ0) is 12.4. The molecule has 0 bridgehead atoms. The molecule has 0 aliphatic heterocycles. The van der Waals surface area contributed by atoms with Gasteiger partial charge in [0.2, 0.25) is 0 Å². The van der Waals surface area contributed by atoms with Crippen molar-refractivity contribution in [2.24, 2.45) is 5.73 Å². The molecule has 0 amide bonds. The summed E-state index contributed by atoms with van der Waals surface area (Å²) in [6.45, 7) is 3.92. The molecule has 0 saturated carbocycles. The van der Waals surface area contributed by atoms with E-state index in [0.29, 0.717) is 17.7 Å². The van der Waals surface area contributed by atoms with Crippen molar-refractivity contribution in [3.8, 4) is 5.82 Å². The summed E-state index contributed by atoms with van der Waals surface area (Å²) in [4.78, 5) is 16.1. The molecule has 0 saturated heterocycles. The highest BCUT2D eigenvalue weighted by Crippen LogP contribution is 2.11. The fourth-order valence-corrected chi connectivity index (χ4v) is 1.89. The third-order valence-corrected chi connectivity index (χ3v) is 2.83. The van der Waals surface area contributed by atoms with E-state index in [4.69, 9.17) is 5.73 Å². The first kappa shape index (κ1) is 17.6. The predicted molar refractivity (Wildman–Crippen MR) is 81.7 cm³/mol. The van der Waals surface area contributed by atoms with Gasteiger partial charge < -0.3 is 10.3 Å². The van der Waals surface area contributed by atoms with Crippen LogP contribution in [0, 0.1) is 13.8 Å². The third-order valence-electron chi connectivity index (χ3n) is 2.83. The molecule has 19 heavy (non-hydrogen) atoms. The van der Waals surface area contributed by atoms with Crippen molar-refractivity contribution in [2.75, 3.05) is 0 Å². The van der Waals surface area contributed by atoms with Gasteiger partial charge in [-0.1, -0.05) is 6.07 Å². The normalized spacial score (nSPS) is 9.42. The van der Waals surface area contributed by atoms with E-state index < -0.39 is 0 Å². The van der Waals surface area contributed by atoms with Crippen molar-refractivity contribution in [3.63, 3.8) is 0 Å². The van der Waals surface area contributed by atoms with Crippen LogP contribution in [0.15, 0.2) is 35.4 Å². The van der Waals surface area contributed by atoms with Gasteiger partial charge in [-0.05, 0) is 26.0 Å². The lowest BCUT2D eigenvalue weighted by Crippen LogP contribution is -2.21. The quantitative estimate of drug-likeness (QED) is 0.924. The minimum Gasteiger partial charge on any atom is -0.325 e. The van der Waals surface area contributed by atoms with E-state index in [1.807, 2.05) is 22.8 Å². The molecule has 4 nitrogen and oxygen atoms in total. The van der Waals surface area contributed by atoms with Gasteiger partial charge >= 0.3 is 0 Å². The molecule has 2 rings (SSSR count). The van der Waals surface area contributed by atoms with Gasteiger partial charge in [-0.15, -0.1) is 24.8 Å². The van der Waals surface area contributed by atoms with E-state index >= 15 is 0 Å². The minimum absolute atomic E-state index is 0. The van der Waals surface area contributed by atoms with Crippen LogP contribution >= 0.6 is 24.8 Å². The van der Waals surface area contributed by atoms with Crippen LogP contribution in [0.5, 0.6) is 0 Å². The maximum Gasteiger partial charge on any atom is 0.187 e. The van der Waals surface area contributed by atoms with Crippen LogP contribution < -0.4 is 11.2 Å². The average molecular weight is 302 g/mol. The number of halogens is 2. The van der Waals surface area contributed by atoms with Crippen LogP contribution in [0.2, 0.25) is 0 Å². The smallest absolute Gasteiger partial charge is 0.187 e. The van der Waals surface area contributed by atoms with E-state index in [-0.39, 0.29) is 30.2 Å². The number of pyridine rings is 2. The third kappa shape index (κ3) is 3.35. The molecule has 2 heterocycles. The summed E-state index contributed by atoms with van der Waals surface area (Å²) >= 11 is 0. The molecule has 0 aliphatic rings. The highest BCUT2D eigenvalue weighted by Gasteiger charge is 2.10. The highest BCUT2D eigenvalue weighted by molar-refractivity contribution is 5.85. The Morgan fingerprint density at radius 3 is 2.47 bits per heavy atom. The second kappa shape index (κ2) is 7.28. The number of nitrogens with zero attached hydrogens (tertiary/aromatic N) is 2. The Bertz CT molecular complexity index is 597. The Morgan fingerprint density at radius 2 is 1.95 bits per heavy atom. The van der Waals surface area contributed by atoms with Gasteiger partial charge in [-0.25, -0.2) is 4.98 Å². The van der Waals surface area contributed by atoms with Crippen LogP contribution in [0.1, 0.15) is 16.8 Å². The Hall–Kier alpha value is -1.36. The zero-order valence-electron chi connectivity index (χ0n) is 10.8. The molecular weight excluding hydrogens is 285 g/mol. The molecular formula is C13H17Cl2N3O. The maximum atomic E-state index is 11.8. The van der Waals surface area contributed by atoms with Crippen LogP contribution in [0.25, 0.3) is 5.82 Å². The number of hydrogen-bond donors (Lipinski definition) is 1. The standard InChI is InChI=1S/C13H15N3O.2ClH/c1-9-8-16(12-5-3-4-6-15-12)11(7-14)10(2)13(9)17;;/h3-6,8H,7,14H2,1-2H3;2*1H. The lowest BCUT2D eigenvalue weighted by molar-refractivity contribution is 0.836. The van der Waals surface area contributed by atoms with Crippen molar-refractivity contribution < 1.29 is 0 Å². The molecule has 0 unspecified atom stereocenters. The van der Waals surface area contributed by atoms with Gasteiger partial charge in [0.25, 0.3) is 0 Å². The topological polar surface area (TPSA) is 60.9 Å². The summed E-state index contributed by atoms with van der Waals surface area (Å²) in [5, 5.41) is 0. The van der Waals surface area contributed by atoms with Crippen LogP contribution in [0.3, 0.4) is 0 Å². The molecule has 0 fully saturated rings. The number of hydrogen-bond acceptors (Lipinski definition) is 3.